The third-order valence-electron chi connectivity index (χ3n) is 5.12. The SMILES string of the molecule is CC(C)(C)c1cccc2c1CC(CN1CCOCC1)N(C(=O)O)C2. The van der Waals surface area contributed by atoms with Crippen molar-refractivity contribution in [1.82, 2.24) is 9.80 Å². The Bertz CT molecular complexity index is 603. The van der Waals surface area contributed by atoms with E-state index in [0.717, 1.165) is 44.8 Å². The summed E-state index contributed by atoms with van der Waals surface area (Å²) in [6.07, 6.45) is -0.0213. The Balaban J connectivity index is 1.88. The molecule has 1 aromatic rings. The van der Waals surface area contributed by atoms with E-state index in [0.29, 0.717) is 6.54 Å². The van der Waals surface area contributed by atoms with Gasteiger partial charge in [0.05, 0.1) is 19.3 Å². The molecular weight excluding hydrogens is 304 g/mol. The van der Waals surface area contributed by atoms with E-state index >= 15 is 0 Å². The zero-order valence-corrected chi connectivity index (χ0v) is 14.9. The fourth-order valence-corrected chi connectivity index (χ4v) is 3.85. The van der Waals surface area contributed by atoms with Gasteiger partial charge in [-0.15, -0.1) is 0 Å². The highest BCUT2D eigenvalue weighted by Crippen LogP contribution is 2.33. The molecule has 5 heteroatoms. The van der Waals surface area contributed by atoms with Gasteiger partial charge in [0, 0.05) is 26.2 Å². The Morgan fingerprint density at radius 3 is 2.62 bits per heavy atom. The van der Waals surface area contributed by atoms with Gasteiger partial charge in [0.1, 0.15) is 0 Å². The smallest absolute Gasteiger partial charge is 0.407 e. The van der Waals surface area contributed by atoms with Crippen molar-refractivity contribution in [3.05, 3.63) is 34.9 Å². The number of ether oxygens (including phenoxy) is 1. The van der Waals surface area contributed by atoms with Crippen LogP contribution in [0.5, 0.6) is 0 Å². The molecule has 1 unspecified atom stereocenters. The Morgan fingerprint density at radius 2 is 2.00 bits per heavy atom. The van der Waals surface area contributed by atoms with Crippen molar-refractivity contribution < 1.29 is 14.6 Å². The molecule has 24 heavy (non-hydrogen) atoms. The lowest BCUT2D eigenvalue weighted by Crippen LogP contribution is -2.52. The summed E-state index contributed by atoms with van der Waals surface area (Å²) in [6.45, 7) is 11.2. The summed E-state index contributed by atoms with van der Waals surface area (Å²) in [5.74, 6) is 0. The minimum atomic E-state index is -0.819. The maximum Gasteiger partial charge on any atom is 0.407 e. The molecule has 2 heterocycles. The van der Waals surface area contributed by atoms with Crippen LogP contribution >= 0.6 is 0 Å². The Labute approximate surface area is 144 Å². The number of hydrogen-bond donors (Lipinski definition) is 1. The number of rotatable bonds is 2. The van der Waals surface area contributed by atoms with E-state index in [1.807, 2.05) is 0 Å². The molecule has 1 saturated heterocycles. The Kier molecular flexibility index (Phi) is 4.83. The third kappa shape index (κ3) is 3.57. The van der Waals surface area contributed by atoms with Crippen LogP contribution in [0.4, 0.5) is 4.79 Å². The number of benzene rings is 1. The molecule has 1 aromatic carbocycles. The minimum absolute atomic E-state index is 0.0107. The largest absolute Gasteiger partial charge is 0.465 e. The first-order valence-electron chi connectivity index (χ1n) is 8.77. The van der Waals surface area contributed by atoms with Gasteiger partial charge in [-0.05, 0) is 28.5 Å². The van der Waals surface area contributed by atoms with Gasteiger partial charge >= 0.3 is 6.09 Å². The van der Waals surface area contributed by atoms with E-state index in [9.17, 15) is 9.90 Å². The second-order valence-electron chi connectivity index (χ2n) is 7.87. The second-order valence-corrected chi connectivity index (χ2v) is 7.87. The highest BCUT2D eigenvalue weighted by molar-refractivity contribution is 5.66. The lowest BCUT2D eigenvalue weighted by Gasteiger charge is -2.40. The lowest BCUT2D eigenvalue weighted by molar-refractivity contribution is 0.0210. The minimum Gasteiger partial charge on any atom is -0.465 e. The van der Waals surface area contributed by atoms with Crippen molar-refractivity contribution in [2.75, 3.05) is 32.8 Å². The van der Waals surface area contributed by atoms with E-state index in [1.165, 1.54) is 11.1 Å². The average Bonchev–Trinajstić information content (AvgIpc) is 2.53. The van der Waals surface area contributed by atoms with Crippen LogP contribution in [-0.2, 0) is 23.1 Å². The molecule has 3 rings (SSSR count). The van der Waals surface area contributed by atoms with Gasteiger partial charge < -0.3 is 9.84 Å². The quantitative estimate of drug-likeness (QED) is 0.905. The summed E-state index contributed by atoms with van der Waals surface area (Å²) in [4.78, 5) is 15.7. The molecule has 0 radical (unpaired) electrons. The van der Waals surface area contributed by atoms with E-state index in [4.69, 9.17) is 4.74 Å². The summed E-state index contributed by atoms with van der Waals surface area (Å²) in [5, 5.41) is 9.68. The number of carbonyl (C=O) groups is 1. The van der Waals surface area contributed by atoms with Gasteiger partial charge in [-0.1, -0.05) is 39.0 Å². The van der Waals surface area contributed by atoms with Crippen LogP contribution in [-0.4, -0.2) is 59.9 Å². The molecule has 1 atom stereocenters. The molecule has 2 aliphatic heterocycles. The van der Waals surface area contributed by atoms with Crippen molar-refractivity contribution >= 4 is 6.09 Å². The van der Waals surface area contributed by atoms with Crippen LogP contribution in [0, 0.1) is 0 Å². The molecular formula is C19H28N2O3. The van der Waals surface area contributed by atoms with E-state index < -0.39 is 6.09 Å². The summed E-state index contributed by atoms with van der Waals surface area (Å²) < 4.78 is 5.41. The number of morpholine rings is 1. The molecule has 1 fully saturated rings. The normalized spacial score (nSPS) is 22.3. The molecule has 0 aliphatic carbocycles. The maximum atomic E-state index is 11.8. The van der Waals surface area contributed by atoms with Gasteiger partial charge in [-0.2, -0.15) is 0 Å². The van der Waals surface area contributed by atoms with Crippen molar-refractivity contribution in [2.24, 2.45) is 0 Å². The van der Waals surface area contributed by atoms with Crippen molar-refractivity contribution in [3.63, 3.8) is 0 Å². The number of fused-ring (bicyclic) bond motifs is 1. The van der Waals surface area contributed by atoms with Crippen LogP contribution < -0.4 is 0 Å². The zero-order valence-electron chi connectivity index (χ0n) is 14.9. The summed E-state index contributed by atoms with van der Waals surface area (Å²) in [5.41, 5.74) is 3.92. The van der Waals surface area contributed by atoms with Crippen LogP contribution in [0.25, 0.3) is 0 Å². The predicted octanol–water partition coefficient (Wildman–Crippen LogP) is 2.72. The number of hydrogen-bond acceptors (Lipinski definition) is 3. The first-order valence-corrected chi connectivity index (χ1v) is 8.77. The predicted molar refractivity (Wildman–Crippen MR) is 93.5 cm³/mol. The molecule has 5 nitrogen and oxygen atoms in total. The van der Waals surface area contributed by atoms with Crippen molar-refractivity contribution in [3.8, 4) is 0 Å². The molecule has 132 valence electrons. The standard InChI is InChI=1S/C19H28N2O3/c1-19(2,3)17-6-4-5-14-12-21(18(22)23)15(11-16(14)17)13-20-7-9-24-10-8-20/h4-6,15H,7-13H2,1-3H3,(H,22,23). The number of amides is 1. The average molecular weight is 332 g/mol. The van der Waals surface area contributed by atoms with Crippen LogP contribution in [0.3, 0.4) is 0 Å². The molecule has 0 saturated carbocycles. The molecule has 0 aromatic heterocycles. The van der Waals surface area contributed by atoms with Gasteiger partial charge in [0.25, 0.3) is 0 Å². The fourth-order valence-electron chi connectivity index (χ4n) is 3.85. The van der Waals surface area contributed by atoms with Crippen LogP contribution in [0.1, 0.15) is 37.5 Å². The summed E-state index contributed by atoms with van der Waals surface area (Å²) >= 11 is 0. The number of carboxylic acid groups (broad SMARTS) is 1. The second kappa shape index (κ2) is 6.73. The molecule has 2 aliphatic rings. The summed E-state index contributed by atoms with van der Waals surface area (Å²) in [7, 11) is 0. The molecule has 0 bridgehead atoms. The molecule has 1 N–H and O–H groups in total. The first kappa shape index (κ1) is 17.2. The topological polar surface area (TPSA) is 53.0 Å². The van der Waals surface area contributed by atoms with Gasteiger partial charge in [-0.25, -0.2) is 4.79 Å². The van der Waals surface area contributed by atoms with Gasteiger partial charge in [0.2, 0.25) is 0 Å². The van der Waals surface area contributed by atoms with Gasteiger partial charge in [0.15, 0.2) is 0 Å². The van der Waals surface area contributed by atoms with E-state index in [2.05, 4.69) is 43.9 Å². The van der Waals surface area contributed by atoms with Crippen molar-refractivity contribution in [2.45, 2.75) is 45.2 Å². The zero-order chi connectivity index (χ0) is 17.3. The Morgan fingerprint density at radius 1 is 1.29 bits per heavy atom. The van der Waals surface area contributed by atoms with E-state index in [-0.39, 0.29) is 11.5 Å². The fraction of sp³-hybridized carbons (Fsp3) is 0.632. The Hall–Kier alpha value is -1.59. The van der Waals surface area contributed by atoms with Crippen LogP contribution in [0.2, 0.25) is 0 Å². The molecule has 0 spiro atoms. The van der Waals surface area contributed by atoms with Crippen LogP contribution in [0.15, 0.2) is 18.2 Å². The lowest BCUT2D eigenvalue weighted by atomic mass is 9.78. The van der Waals surface area contributed by atoms with Crippen molar-refractivity contribution in [1.29, 1.82) is 0 Å². The highest BCUT2D eigenvalue weighted by atomic mass is 16.5. The first-order chi connectivity index (χ1) is 11.4. The monoisotopic (exact) mass is 332 g/mol. The maximum absolute atomic E-state index is 11.8. The molecule has 1 amide bonds. The summed E-state index contributed by atoms with van der Waals surface area (Å²) in [6, 6.07) is 6.34. The third-order valence-corrected chi connectivity index (χ3v) is 5.12. The van der Waals surface area contributed by atoms with Gasteiger partial charge in [-0.3, -0.25) is 9.80 Å². The number of nitrogens with zero attached hydrogens (tertiary/aromatic N) is 2. The van der Waals surface area contributed by atoms with E-state index in [1.54, 1.807) is 4.90 Å². The highest BCUT2D eigenvalue weighted by Gasteiger charge is 2.33.